The first-order valence-electron chi connectivity index (χ1n) is 5.33. The van der Waals surface area contributed by atoms with Crippen LogP contribution >= 0.6 is 0 Å². The molecule has 0 aliphatic carbocycles. The van der Waals surface area contributed by atoms with Crippen molar-refractivity contribution < 1.29 is 22.3 Å². The minimum atomic E-state index is -3.78. The maximum Gasteiger partial charge on any atom is 0.244 e. The van der Waals surface area contributed by atoms with Crippen LogP contribution in [0.25, 0.3) is 0 Å². The fraction of sp³-hybridized carbons (Fsp3) is 0.455. The largest absolute Gasteiger partial charge is 0.495 e. The SMILES string of the molecule is COCCCNS(=O)(=O)c1cc(F)ccc1OC. The van der Waals surface area contributed by atoms with Crippen molar-refractivity contribution in [2.75, 3.05) is 27.4 Å². The molecular weight excluding hydrogens is 261 g/mol. The lowest BCUT2D eigenvalue weighted by atomic mass is 10.3. The number of ether oxygens (including phenoxy) is 2. The van der Waals surface area contributed by atoms with Gasteiger partial charge in [0.25, 0.3) is 0 Å². The van der Waals surface area contributed by atoms with Crippen molar-refractivity contribution in [1.29, 1.82) is 0 Å². The molecule has 0 saturated carbocycles. The van der Waals surface area contributed by atoms with Crippen molar-refractivity contribution >= 4 is 10.0 Å². The Bertz CT molecular complexity index is 490. The van der Waals surface area contributed by atoms with E-state index in [0.29, 0.717) is 13.0 Å². The molecule has 0 aliphatic rings. The number of halogens is 1. The Morgan fingerprint density at radius 1 is 1.33 bits per heavy atom. The molecule has 102 valence electrons. The second-order valence-electron chi connectivity index (χ2n) is 3.54. The summed E-state index contributed by atoms with van der Waals surface area (Å²) in [5, 5.41) is 0. The highest BCUT2D eigenvalue weighted by molar-refractivity contribution is 7.89. The first-order valence-corrected chi connectivity index (χ1v) is 6.81. The van der Waals surface area contributed by atoms with Crippen molar-refractivity contribution in [2.45, 2.75) is 11.3 Å². The molecule has 1 aromatic rings. The van der Waals surface area contributed by atoms with Crippen LogP contribution in [0.1, 0.15) is 6.42 Å². The van der Waals surface area contributed by atoms with Gasteiger partial charge < -0.3 is 9.47 Å². The van der Waals surface area contributed by atoms with Crippen molar-refractivity contribution in [3.63, 3.8) is 0 Å². The smallest absolute Gasteiger partial charge is 0.244 e. The summed E-state index contributed by atoms with van der Waals surface area (Å²) >= 11 is 0. The third kappa shape index (κ3) is 3.94. The summed E-state index contributed by atoms with van der Waals surface area (Å²) in [5.74, 6) is -0.524. The molecule has 1 N–H and O–H groups in total. The highest BCUT2D eigenvalue weighted by Gasteiger charge is 2.19. The normalized spacial score (nSPS) is 11.5. The van der Waals surface area contributed by atoms with Gasteiger partial charge in [0.1, 0.15) is 16.5 Å². The van der Waals surface area contributed by atoms with Crippen LogP contribution in [0.4, 0.5) is 4.39 Å². The average molecular weight is 277 g/mol. The van der Waals surface area contributed by atoms with Gasteiger partial charge in [0.15, 0.2) is 0 Å². The molecule has 0 radical (unpaired) electrons. The summed E-state index contributed by atoms with van der Waals surface area (Å²) in [4.78, 5) is -0.206. The summed E-state index contributed by atoms with van der Waals surface area (Å²) in [6, 6.07) is 3.35. The van der Waals surface area contributed by atoms with Crippen LogP contribution in [-0.2, 0) is 14.8 Å². The summed E-state index contributed by atoms with van der Waals surface area (Å²) in [7, 11) is -0.914. The second kappa shape index (κ2) is 6.67. The van der Waals surface area contributed by atoms with E-state index in [-0.39, 0.29) is 17.2 Å². The van der Waals surface area contributed by atoms with E-state index in [0.717, 1.165) is 12.1 Å². The lowest BCUT2D eigenvalue weighted by molar-refractivity contribution is 0.196. The minimum Gasteiger partial charge on any atom is -0.495 e. The average Bonchev–Trinajstić information content (AvgIpc) is 2.35. The molecule has 7 heteroatoms. The third-order valence-corrected chi connectivity index (χ3v) is 3.71. The van der Waals surface area contributed by atoms with Crippen LogP contribution in [0.15, 0.2) is 23.1 Å². The molecule has 5 nitrogen and oxygen atoms in total. The van der Waals surface area contributed by atoms with Gasteiger partial charge in [-0.15, -0.1) is 0 Å². The second-order valence-corrected chi connectivity index (χ2v) is 5.27. The van der Waals surface area contributed by atoms with Gasteiger partial charge in [0.05, 0.1) is 7.11 Å². The van der Waals surface area contributed by atoms with Crippen LogP contribution in [-0.4, -0.2) is 35.8 Å². The van der Waals surface area contributed by atoms with Crippen LogP contribution in [0, 0.1) is 5.82 Å². The molecule has 0 heterocycles. The lowest BCUT2D eigenvalue weighted by Crippen LogP contribution is -2.26. The number of sulfonamides is 1. The van der Waals surface area contributed by atoms with Gasteiger partial charge in [-0.3, -0.25) is 0 Å². The Kier molecular flexibility index (Phi) is 5.52. The van der Waals surface area contributed by atoms with Crippen molar-refractivity contribution in [2.24, 2.45) is 0 Å². The van der Waals surface area contributed by atoms with E-state index < -0.39 is 15.8 Å². The molecule has 0 atom stereocenters. The molecule has 0 saturated heterocycles. The Balaban J connectivity index is 2.87. The fourth-order valence-electron chi connectivity index (χ4n) is 1.36. The Morgan fingerprint density at radius 2 is 2.06 bits per heavy atom. The molecule has 0 bridgehead atoms. The Labute approximate surface area is 106 Å². The van der Waals surface area contributed by atoms with Gasteiger partial charge >= 0.3 is 0 Å². The van der Waals surface area contributed by atoms with Crippen molar-refractivity contribution in [1.82, 2.24) is 4.72 Å². The molecule has 0 aromatic heterocycles. The number of hydrogen-bond acceptors (Lipinski definition) is 4. The van der Waals surface area contributed by atoms with E-state index in [2.05, 4.69) is 4.72 Å². The zero-order valence-corrected chi connectivity index (χ0v) is 11.1. The monoisotopic (exact) mass is 277 g/mol. The topological polar surface area (TPSA) is 64.6 Å². The lowest BCUT2D eigenvalue weighted by Gasteiger charge is -2.10. The fourth-order valence-corrected chi connectivity index (χ4v) is 2.61. The Hall–Kier alpha value is -1.18. The van der Waals surface area contributed by atoms with E-state index in [4.69, 9.17) is 9.47 Å². The zero-order chi connectivity index (χ0) is 13.6. The van der Waals surface area contributed by atoms with Gasteiger partial charge in [-0.1, -0.05) is 0 Å². The predicted molar refractivity (Wildman–Crippen MR) is 64.6 cm³/mol. The highest BCUT2D eigenvalue weighted by Crippen LogP contribution is 2.23. The third-order valence-electron chi connectivity index (χ3n) is 2.23. The van der Waals surface area contributed by atoms with Gasteiger partial charge in [-0.2, -0.15) is 0 Å². The molecule has 0 fully saturated rings. The number of rotatable bonds is 7. The number of hydrogen-bond donors (Lipinski definition) is 1. The first-order chi connectivity index (χ1) is 8.51. The molecule has 0 aliphatic heterocycles. The molecule has 18 heavy (non-hydrogen) atoms. The zero-order valence-electron chi connectivity index (χ0n) is 10.3. The molecule has 0 spiro atoms. The van der Waals surface area contributed by atoms with E-state index in [9.17, 15) is 12.8 Å². The maximum absolute atomic E-state index is 13.1. The Morgan fingerprint density at radius 3 is 2.67 bits per heavy atom. The summed E-state index contributed by atoms with van der Waals surface area (Å²) < 4.78 is 49.0. The van der Waals surface area contributed by atoms with Gasteiger partial charge in [-0.25, -0.2) is 17.5 Å². The highest BCUT2D eigenvalue weighted by atomic mass is 32.2. The van der Waals surface area contributed by atoms with Gasteiger partial charge in [0, 0.05) is 20.3 Å². The van der Waals surface area contributed by atoms with Crippen LogP contribution in [0.2, 0.25) is 0 Å². The number of nitrogens with one attached hydrogen (secondary N) is 1. The van der Waals surface area contributed by atoms with Gasteiger partial charge in [0.2, 0.25) is 10.0 Å². The summed E-state index contributed by atoms with van der Waals surface area (Å²) in [6.45, 7) is 0.665. The summed E-state index contributed by atoms with van der Waals surface area (Å²) in [6.07, 6.45) is 0.535. The molecule has 1 rings (SSSR count). The van der Waals surface area contributed by atoms with E-state index >= 15 is 0 Å². The quantitative estimate of drug-likeness (QED) is 0.759. The predicted octanol–water partition coefficient (Wildman–Crippen LogP) is 1.15. The van der Waals surface area contributed by atoms with Crippen LogP contribution in [0.5, 0.6) is 5.75 Å². The maximum atomic E-state index is 13.1. The summed E-state index contributed by atoms with van der Waals surface area (Å²) in [5.41, 5.74) is 0. The van der Waals surface area contributed by atoms with E-state index in [1.165, 1.54) is 20.3 Å². The van der Waals surface area contributed by atoms with Crippen molar-refractivity contribution in [3.8, 4) is 5.75 Å². The molecule has 1 aromatic carbocycles. The van der Waals surface area contributed by atoms with Crippen molar-refractivity contribution in [3.05, 3.63) is 24.0 Å². The van der Waals surface area contributed by atoms with E-state index in [1.807, 2.05) is 0 Å². The van der Waals surface area contributed by atoms with E-state index in [1.54, 1.807) is 0 Å². The number of methoxy groups -OCH3 is 2. The minimum absolute atomic E-state index is 0.107. The first kappa shape index (κ1) is 14.9. The molecular formula is C11H16FNO4S. The molecule has 0 amide bonds. The standard InChI is InChI=1S/C11H16FNO4S/c1-16-7-3-6-13-18(14,15)11-8-9(12)4-5-10(11)17-2/h4-5,8,13H,3,6-7H2,1-2H3. The van der Waals surface area contributed by atoms with Crippen LogP contribution < -0.4 is 9.46 Å². The van der Waals surface area contributed by atoms with Gasteiger partial charge in [-0.05, 0) is 24.6 Å². The van der Waals surface area contributed by atoms with Crippen LogP contribution in [0.3, 0.4) is 0 Å². The number of benzene rings is 1. The molecule has 0 unspecified atom stereocenters.